The largest absolute Gasteiger partial charge is 0.507 e. The molecule has 0 atom stereocenters. The van der Waals surface area contributed by atoms with Gasteiger partial charge in [-0.15, -0.1) is 0 Å². The van der Waals surface area contributed by atoms with Gasteiger partial charge < -0.3 is 9.84 Å². The van der Waals surface area contributed by atoms with Crippen LogP contribution in [0.15, 0.2) is 12.1 Å². The van der Waals surface area contributed by atoms with Crippen LogP contribution in [0.5, 0.6) is 5.75 Å². The summed E-state index contributed by atoms with van der Waals surface area (Å²) in [7, 11) is 0. The van der Waals surface area contributed by atoms with Crippen LogP contribution in [0, 0.1) is 0 Å². The lowest BCUT2D eigenvalue weighted by molar-refractivity contribution is -0.145. The lowest BCUT2D eigenvalue weighted by atomic mass is 10.0. The molecule has 0 heterocycles. The van der Waals surface area contributed by atoms with Gasteiger partial charge >= 0.3 is 18.3 Å². The second kappa shape index (κ2) is 6.45. The highest BCUT2D eigenvalue weighted by atomic mass is 19.4. The van der Waals surface area contributed by atoms with Gasteiger partial charge in [-0.1, -0.05) is 13.3 Å². The molecule has 0 saturated heterocycles. The van der Waals surface area contributed by atoms with Crippen LogP contribution < -0.4 is 0 Å². The SMILES string of the molecule is CCCCOC(=O)c1cc(C(F)(F)F)c(O)c(C(F)(F)F)c1. The van der Waals surface area contributed by atoms with Crippen molar-refractivity contribution < 1.29 is 41.0 Å². The zero-order chi connectivity index (χ0) is 17.1. The fraction of sp³-hybridized carbons (Fsp3) is 0.462. The molecule has 9 heteroatoms. The molecule has 0 spiro atoms. The van der Waals surface area contributed by atoms with E-state index in [1.54, 1.807) is 6.92 Å². The molecule has 3 nitrogen and oxygen atoms in total. The van der Waals surface area contributed by atoms with Gasteiger partial charge in [-0.05, 0) is 18.6 Å². The molecular formula is C13H12F6O3. The lowest BCUT2D eigenvalue weighted by Crippen LogP contribution is -2.15. The minimum atomic E-state index is -5.25. The first-order valence-corrected chi connectivity index (χ1v) is 6.17. The average molecular weight is 330 g/mol. The minimum absolute atomic E-state index is 0.126. The molecule has 0 bridgehead atoms. The molecule has 22 heavy (non-hydrogen) atoms. The zero-order valence-electron chi connectivity index (χ0n) is 11.3. The molecule has 0 aliphatic carbocycles. The Balaban J connectivity index is 3.32. The van der Waals surface area contributed by atoms with E-state index in [1.165, 1.54) is 0 Å². The number of hydrogen-bond donors (Lipinski definition) is 1. The summed E-state index contributed by atoms with van der Waals surface area (Å²) in [6.07, 6.45) is -9.44. The number of halogens is 6. The van der Waals surface area contributed by atoms with Crippen LogP contribution >= 0.6 is 0 Å². The lowest BCUT2D eigenvalue weighted by Gasteiger charge is -2.16. The molecule has 1 N–H and O–H groups in total. The molecule has 0 fully saturated rings. The number of hydrogen-bond acceptors (Lipinski definition) is 3. The summed E-state index contributed by atoms with van der Waals surface area (Å²) in [6, 6.07) is 0.276. The second-order valence-corrected chi connectivity index (χ2v) is 4.40. The third-order valence-corrected chi connectivity index (χ3v) is 2.69. The molecule has 0 aliphatic heterocycles. The zero-order valence-corrected chi connectivity index (χ0v) is 11.3. The van der Waals surface area contributed by atoms with Gasteiger partial charge in [0.05, 0.1) is 23.3 Å². The van der Waals surface area contributed by atoms with E-state index < -0.39 is 40.8 Å². The molecule has 0 aromatic heterocycles. The van der Waals surface area contributed by atoms with Gasteiger partial charge in [0.1, 0.15) is 5.75 Å². The van der Waals surface area contributed by atoms with Crippen molar-refractivity contribution in [2.45, 2.75) is 32.1 Å². The Kier molecular flexibility index (Phi) is 5.31. The smallest absolute Gasteiger partial charge is 0.419 e. The molecule has 0 saturated carbocycles. The number of carbonyl (C=O) groups is 1. The van der Waals surface area contributed by atoms with Crippen molar-refractivity contribution in [1.82, 2.24) is 0 Å². The molecule has 1 aromatic carbocycles. The first-order valence-electron chi connectivity index (χ1n) is 6.17. The molecule has 124 valence electrons. The number of rotatable bonds is 4. The summed E-state index contributed by atoms with van der Waals surface area (Å²) >= 11 is 0. The Labute approximate surface area is 121 Å². The molecule has 1 rings (SSSR count). The number of alkyl halides is 6. The molecule has 0 unspecified atom stereocenters. The van der Waals surface area contributed by atoms with Crippen molar-refractivity contribution in [1.29, 1.82) is 0 Å². The summed E-state index contributed by atoms with van der Waals surface area (Å²) in [5.41, 5.74) is -4.80. The van der Waals surface area contributed by atoms with E-state index in [0.717, 1.165) is 0 Å². The molecular weight excluding hydrogens is 318 g/mol. The molecule has 1 aromatic rings. The van der Waals surface area contributed by atoms with Crippen LogP contribution in [0.3, 0.4) is 0 Å². The van der Waals surface area contributed by atoms with Crippen LogP contribution in [-0.4, -0.2) is 17.7 Å². The summed E-state index contributed by atoms with van der Waals surface area (Å²) in [5, 5.41) is 9.19. The fourth-order valence-electron chi connectivity index (χ4n) is 1.58. The highest BCUT2D eigenvalue weighted by molar-refractivity contribution is 5.90. The van der Waals surface area contributed by atoms with Gasteiger partial charge in [0.15, 0.2) is 0 Å². The molecule has 0 amide bonds. The van der Waals surface area contributed by atoms with E-state index in [0.29, 0.717) is 12.8 Å². The van der Waals surface area contributed by atoms with Gasteiger partial charge in [-0.2, -0.15) is 26.3 Å². The van der Waals surface area contributed by atoms with Crippen LogP contribution in [0.25, 0.3) is 0 Å². The third kappa shape index (κ3) is 4.28. The van der Waals surface area contributed by atoms with E-state index in [-0.39, 0.29) is 18.7 Å². The Hall–Kier alpha value is -1.93. The topological polar surface area (TPSA) is 46.5 Å². The maximum Gasteiger partial charge on any atom is 0.419 e. The monoisotopic (exact) mass is 330 g/mol. The number of esters is 1. The highest BCUT2D eigenvalue weighted by Gasteiger charge is 2.42. The summed E-state index contributed by atoms with van der Waals surface area (Å²) in [6.45, 7) is 1.64. The number of phenolic OH excluding ortho intramolecular Hbond substituents is 1. The maximum absolute atomic E-state index is 12.7. The van der Waals surface area contributed by atoms with Crippen molar-refractivity contribution in [2.75, 3.05) is 6.61 Å². The number of benzene rings is 1. The maximum atomic E-state index is 12.7. The number of ether oxygens (including phenoxy) is 1. The summed E-state index contributed by atoms with van der Waals surface area (Å²) in [4.78, 5) is 11.6. The van der Waals surface area contributed by atoms with E-state index in [9.17, 15) is 36.2 Å². The van der Waals surface area contributed by atoms with Gasteiger partial charge in [0.2, 0.25) is 0 Å². The van der Waals surface area contributed by atoms with Crippen LogP contribution in [-0.2, 0) is 17.1 Å². The Morgan fingerprint density at radius 2 is 1.55 bits per heavy atom. The summed E-state index contributed by atoms with van der Waals surface area (Å²) < 4.78 is 80.7. The summed E-state index contributed by atoms with van der Waals surface area (Å²) in [5.74, 6) is -3.28. The normalized spacial score (nSPS) is 12.3. The van der Waals surface area contributed by atoms with Crippen molar-refractivity contribution in [3.8, 4) is 5.75 Å². The van der Waals surface area contributed by atoms with Gasteiger partial charge in [-0.3, -0.25) is 0 Å². The van der Waals surface area contributed by atoms with Crippen molar-refractivity contribution in [2.24, 2.45) is 0 Å². The van der Waals surface area contributed by atoms with Crippen molar-refractivity contribution in [3.05, 3.63) is 28.8 Å². The van der Waals surface area contributed by atoms with Gasteiger partial charge in [-0.25, -0.2) is 4.79 Å². The van der Waals surface area contributed by atoms with Crippen LogP contribution in [0.1, 0.15) is 41.3 Å². The number of unbranched alkanes of at least 4 members (excludes halogenated alkanes) is 1. The highest BCUT2D eigenvalue weighted by Crippen LogP contribution is 2.44. The van der Waals surface area contributed by atoms with Crippen LogP contribution in [0.2, 0.25) is 0 Å². The minimum Gasteiger partial charge on any atom is -0.507 e. The number of aromatic hydroxyl groups is 1. The Bertz CT molecular complexity index is 513. The van der Waals surface area contributed by atoms with Gasteiger partial charge in [0.25, 0.3) is 0 Å². The predicted molar refractivity (Wildman–Crippen MR) is 63.3 cm³/mol. The predicted octanol–water partition coefficient (Wildman–Crippen LogP) is 4.39. The Morgan fingerprint density at radius 1 is 1.09 bits per heavy atom. The third-order valence-electron chi connectivity index (χ3n) is 2.69. The quantitative estimate of drug-likeness (QED) is 0.506. The van der Waals surface area contributed by atoms with Crippen LogP contribution in [0.4, 0.5) is 26.3 Å². The number of carbonyl (C=O) groups excluding carboxylic acids is 1. The van der Waals surface area contributed by atoms with E-state index in [4.69, 9.17) is 0 Å². The van der Waals surface area contributed by atoms with E-state index in [1.807, 2.05) is 0 Å². The second-order valence-electron chi connectivity index (χ2n) is 4.40. The molecule has 0 radical (unpaired) electrons. The first-order chi connectivity index (χ1) is 9.98. The first kappa shape index (κ1) is 18.1. The fourth-order valence-corrected chi connectivity index (χ4v) is 1.58. The van der Waals surface area contributed by atoms with Crippen molar-refractivity contribution >= 4 is 5.97 Å². The molecule has 0 aliphatic rings. The van der Waals surface area contributed by atoms with Gasteiger partial charge in [0, 0.05) is 0 Å². The number of phenols is 1. The van der Waals surface area contributed by atoms with E-state index >= 15 is 0 Å². The average Bonchev–Trinajstić information content (AvgIpc) is 2.36. The van der Waals surface area contributed by atoms with Crippen molar-refractivity contribution in [3.63, 3.8) is 0 Å². The standard InChI is InChI=1S/C13H12F6O3/c1-2-3-4-22-11(21)7-5-8(12(14,15)16)10(20)9(6-7)13(17,18)19/h5-6,20H,2-4H2,1H3. The Morgan fingerprint density at radius 3 is 1.91 bits per heavy atom. The van der Waals surface area contributed by atoms with E-state index in [2.05, 4.69) is 4.74 Å².